The third kappa shape index (κ3) is 14.1. The first-order valence-electron chi connectivity index (χ1n) is 16.1. The van der Waals surface area contributed by atoms with Gasteiger partial charge in [0.15, 0.2) is 0 Å². The van der Waals surface area contributed by atoms with Crippen molar-refractivity contribution in [3.63, 3.8) is 0 Å². The number of ether oxygens (including phenoxy) is 3. The SMILES string of the molecule is CC(C)C(NC(=O)OCCOCCN1C(=O)CCC1=O)C(=O)NCC(=O)Nc1ccc(COC(=O)N(C)CCN(C)C(=O)C(C)(C)C)cc1. The molecular formula is C33H50N6O10. The fourth-order valence-corrected chi connectivity index (χ4v) is 4.51. The van der Waals surface area contributed by atoms with Crippen LogP contribution in [0.15, 0.2) is 24.3 Å². The van der Waals surface area contributed by atoms with E-state index in [0.29, 0.717) is 24.3 Å². The molecule has 16 nitrogen and oxygen atoms in total. The van der Waals surface area contributed by atoms with Gasteiger partial charge < -0.3 is 40.0 Å². The fraction of sp³-hybridized carbons (Fsp3) is 0.606. The van der Waals surface area contributed by atoms with Crippen molar-refractivity contribution in [1.29, 1.82) is 0 Å². The monoisotopic (exact) mass is 690 g/mol. The number of hydrogen-bond acceptors (Lipinski definition) is 10. The average Bonchev–Trinajstić information content (AvgIpc) is 3.37. The van der Waals surface area contributed by atoms with Crippen molar-refractivity contribution in [1.82, 2.24) is 25.3 Å². The predicted molar refractivity (Wildman–Crippen MR) is 178 cm³/mol. The molecule has 1 aromatic carbocycles. The van der Waals surface area contributed by atoms with E-state index < -0.39 is 35.5 Å². The number of rotatable bonds is 17. The Kier molecular flexibility index (Phi) is 15.9. The summed E-state index contributed by atoms with van der Waals surface area (Å²) in [7, 11) is 3.28. The Morgan fingerprint density at radius 3 is 2.08 bits per heavy atom. The van der Waals surface area contributed by atoms with E-state index in [-0.39, 0.29) is 76.0 Å². The molecule has 49 heavy (non-hydrogen) atoms. The molecule has 1 heterocycles. The van der Waals surface area contributed by atoms with Gasteiger partial charge in [-0.1, -0.05) is 46.8 Å². The van der Waals surface area contributed by atoms with E-state index in [1.807, 2.05) is 20.8 Å². The highest BCUT2D eigenvalue weighted by molar-refractivity contribution is 6.01. The number of benzene rings is 1. The van der Waals surface area contributed by atoms with Gasteiger partial charge >= 0.3 is 12.2 Å². The van der Waals surface area contributed by atoms with Gasteiger partial charge in [-0.2, -0.15) is 0 Å². The Bertz CT molecular complexity index is 1310. The maximum absolute atomic E-state index is 12.7. The van der Waals surface area contributed by atoms with Crippen LogP contribution in [0.2, 0.25) is 0 Å². The molecule has 0 spiro atoms. The summed E-state index contributed by atoms with van der Waals surface area (Å²) in [4.78, 5) is 89.4. The van der Waals surface area contributed by atoms with Crippen molar-refractivity contribution in [2.24, 2.45) is 11.3 Å². The standard InChI is InChI=1S/C33H50N6O10/c1-22(2)28(36-31(45)48-19-18-47-17-16-39-26(41)12-13-27(39)42)29(43)34-20-25(40)35-24-10-8-23(9-11-24)21-49-32(46)38(7)15-14-37(6)30(44)33(3,4)5/h8-11,22,28H,12-21H2,1-7H3,(H,34,43)(H,35,40)(H,36,45). The molecule has 0 aromatic heterocycles. The summed E-state index contributed by atoms with van der Waals surface area (Å²) in [6.45, 7) is 9.45. The second-order valence-electron chi connectivity index (χ2n) is 13.0. The zero-order chi connectivity index (χ0) is 36.7. The number of carbonyl (C=O) groups is 7. The quantitative estimate of drug-likeness (QED) is 0.160. The molecule has 272 valence electrons. The molecule has 0 bridgehead atoms. The van der Waals surface area contributed by atoms with Gasteiger partial charge in [-0.25, -0.2) is 9.59 Å². The number of amides is 7. The van der Waals surface area contributed by atoms with Crippen LogP contribution in [-0.4, -0.2) is 123 Å². The zero-order valence-electron chi connectivity index (χ0n) is 29.5. The molecule has 1 atom stereocenters. The minimum absolute atomic E-state index is 0.00629. The molecule has 0 saturated carbocycles. The lowest BCUT2D eigenvalue weighted by Gasteiger charge is -2.27. The third-order valence-electron chi connectivity index (χ3n) is 7.39. The van der Waals surface area contributed by atoms with Crippen LogP contribution in [0.4, 0.5) is 15.3 Å². The first-order valence-corrected chi connectivity index (χ1v) is 16.1. The van der Waals surface area contributed by atoms with Crippen molar-refractivity contribution >= 4 is 47.4 Å². The molecule has 1 aliphatic rings. The van der Waals surface area contributed by atoms with E-state index in [9.17, 15) is 33.6 Å². The smallest absolute Gasteiger partial charge is 0.409 e. The van der Waals surface area contributed by atoms with E-state index in [2.05, 4.69) is 16.0 Å². The van der Waals surface area contributed by atoms with Crippen molar-refractivity contribution in [3.05, 3.63) is 29.8 Å². The average molecular weight is 691 g/mol. The number of likely N-dealkylation sites (N-methyl/N-ethyl adjacent to an activating group) is 2. The fourth-order valence-electron chi connectivity index (χ4n) is 4.51. The topological polar surface area (TPSA) is 193 Å². The first kappa shape index (κ1) is 40.4. The van der Waals surface area contributed by atoms with Crippen LogP contribution in [0, 0.1) is 11.3 Å². The number of carbonyl (C=O) groups excluding carboxylic acids is 7. The summed E-state index contributed by atoms with van der Waals surface area (Å²) in [5.41, 5.74) is 0.635. The number of imide groups is 1. The van der Waals surface area contributed by atoms with Gasteiger partial charge in [0, 0.05) is 51.1 Å². The molecule has 1 fully saturated rings. The summed E-state index contributed by atoms with van der Waals surface area (Å²) < 4.78 is 15.7. The van der Waals surface area contributed by atoms with Gasteiger partial charge in [0.25, 0.3) is 0 Å². The summed E-state index contributed by atoms with van der Waals surface area (Å²) in [5.74, 6) is -1.88. The molecule has 1 saturated heterocycles. The number of anilines is 1. The summed E-state index contributed by atoms with van der Waals surface area (Å²) in [6.07, 6.45) is -0.973. The van der Waals surface area contributed by atoms with E-state index >= 15 is 0 Å². The molecule has 0 aliphatic carbocycles. The number of nitrogens with zero attached hydrogens (tertiary/aromatic N) is 3. The molecule has 1 aromatic rings. The molecule has 0 radical (unpaired) electrons. The van der Waals surface area contributed by atoms with Gasteiger partial charge in [-0.15, -0.1) is 0 Å². The summed E-state index contributed by atoms with van der Waals surface area (Å²) >= 11 is 0. The molecule has 16 heteroatoms. The van der Waals surface area contributed by atoms with Gasteiger partial charge in [0.05, 0.1) is 26.3 Å². The Labute approximate surface area is 287 Å². The van der Waals surface area contributed by atoms with E-state index in [0.717, 1.165) is 4.90 Å². The number of likely N-dealkylation sites (tertiary alicyclic amines) is 1. The van der Waals surface area contributed by atoms with Crippen LogP contribution >= 0.6 is 0 Å². The van der Waals surface area contributed by atoms with Crippen LogP contribution in [0.3, 0.4) is 0 Å². The van der Waals surface area contributed by atoms with E-state index in [1.54, 1.807) is 57.1 Å². The lowest BCUT2D eigenvalue weighted by atomic mass is 9.95. The number of nitrogens with one attached hydrogen (secondary N) is 3. The second-order valence-corrected chi connectivity index (χ2v) is 13.0. The maximum Gasteiger partial charge on any atom is 0.409 e. The van der Waals surface area contributed by atoms with Crippen LogP contribution in [0.1, 0.15) is 53.0 Å². The first-order chi connectivity index (χ1) is 23.0. The largest absolute Gasteiger partial charge is 0.447 e. The van der Waals surface area contributed by atoms with Crippen LogP contribution in [-0.2, 0) is 44.8 Å². The van der Waals surface area contributed by atoms with Crippen molar-refractivity contribution in [2.75, 3.05) is 65.4 Å². The Balaban J connectivity index is 1.68. The van der Waals surface area contributed by atoms with Crippen LogP contribution in [0.5, 0.6) is 0 Å². The highest BCUT2D eigenvalue weighted by Gasteiger charge is 2.29. The highest BCUT2D eigenvalue weighted by Crippen LogP contribution is 2.16. The maximum atomic E-state index is 12.7. The molecule has 7 amide bonds. The molecule has 2 rings (SSSR count). The van der Waals surface area contributed by atoms with Crippen LogP contribution < -0.4 is 16.0 Å². The summed E-state index contributed by atoms with van der Waals surface area (Å²) in [5, 5.41) is 7.64. The minimum Gasteiger partial charge on any atom is -0.447 e. The van der Waals surface area contributed by atoms with Crippen molar-refractivity contribution in [2.45, 2.75) is 60.1 Å². The Morgan fingerprint density at radius 1 is 0.878 bits per heavy atom. The molecular weight excluding hydrogens is 640 g/mol. The van der Waals surface area contributed by atoms with Gasteiger partial charge in [0.2, 0.25) is 29.5 Å². The number of alkyl carbamates (subject to hydrolysis) is 1. The predicted octanol–water partition coefficient (Wildman–Crippen LogP) is 1.73. The lowest BCUT2D eigenvalue weighted by molar-refractivity contribution is -0.139. The normalized spacial score (nSPS) is 13.5. The third-order valence-corrected chi connectivity index (χ3v) is 7.39. The lowest BCUT2D eigenvalue weighted by Crippen LogP contribution is -2.51. The van der Waals surface area contributed by atoms with Gasteiger partial charge in [-0.3, -0.25) is 28.9 Å². The molecule has 1 unspecified atom stereocenters. The van der Waals surface area contributed by atoms with Crippen LogP contribution in [0.25, 0.3) is 0 Å². The number of hydrogen-bond donors (Lipinski definition) is 3. The summed E-state index contributed by atoms with van der Waals surface area (Å²) in [6, 6.07) is 5.65. The minimum atomic E-state index is -0.971. The Morgan fingerprint density at radius 2 is 1.49 bits per heavy atom. The molecule has 3 N–H and O–H groups in total. The highest BCUT2D eigenvalue weighted by atomic mass is 16.6. The van der Waals surface area contributed by atoms with E-state index in [1.165, 1.54) is 4.90 Å². The zero-order valence-corrected chi connectivity index (χ0v) is 29.5. The van der Waals surface area contributed by atoms with Gasteiger partial charge in [-0.05, 0) is 23.6 Å². The van der Waals surface area contributed by atoms with E-state index in [4.69, 9.17) is 14.2 Å². The van der Waals surface area contributed by atoms with Crippen molar-refractivity contribution < 1.29 is 47.8 Å². The Hall–Kier alpha value is -4.73. The van der Waals surface area contributed by atoms with Crippen molar-refractivity contribution in [3.8, 4) is 0 Å². The van der Waals surface area contributed by atoms with Gasteiger partial charge in [0.1, 0.15) is 19.3 Å². The molecule has 1 aliphatic heterocycles. The second kappa shape index (κ2) is 19.3.